The third kappa shape index (κ3) is 7.04. The predicted molar refractivity (Wildman–Crippen MR) is 258 cm³/mol. The maximum Gasteiger partial charge on any atom is 0.298 e. The van der Waals surface area contributed by atoms with Crippen LogP contribution in [0, 0.1) is 0 Å². The highest BCUT2D eigenvalue weighted by atomic mass is 19.3. The van der Waals surface area contributed by atoms with Crippen molar-refractivity contribution < 1.29 is 28.0 Å². The van der Waals surface area contributed by atoms with Crippen LogP contribution in [-0.4, -0.2) is 16.2 Å². The Labute approximate surface area is 388 Å². The highest BCUT2D eigenvalue weighted by Gasteiger charge is 2.38. The average Bonchev–Trinajstić information content (AvgIpc) is 4.05. The second-order valence-corrected chi connectivity index (χ2v) is 17.7. The number of halogens is 2. The van der Waals surface area contributed by atoms with Gasteiger partial charge in [-0.15, -0.1) is 0 Å². The Kier molecular flexibility index (Phi) is 6.49. The van der Waals surface area contributed by atoms with Gasteiger partial charge in [0, 0.05) is 44.9 Å². The molecule has 0 bridgehead atoms. The molecule has 0 radical (unpaired) electrons. The highest BCUT2D eigenvalue weighted by Crippen LogP contribution is 2.51. The van der Waals surface area contributed by atoms with E-state index in [1.165, 1.54) is 53.1 Å². The number of alkyl halides is 2. The first-order chi connectivity index (χ1) is 36.1. The first-order valence-electron chi connectivity index (χ1n) is 27.5. The van der Waals surface area contributed by atoms with Crippen molar-refractivity contribution >= 4 is 44.6 Å². The monoisotopic (exact) mass is 842 g/mol. The minimum atomic E-state index is -3.73. The van der Waals surface area contributed by atoms with Crippen molar-refractivity contribution in [1.82, 2.24) is 9.55 Å². The van der Waals surface area contributed by atoms with Gasteiger partial charge in [-0.3, -0.25) is 4.57 Å². The number of fused-ring (bicyclic) bond motifs is 4. The molecular weight excluding hydrogens is 779 g/mol. The zero-order chi connectivity index (χ0) is 55.9. The van der Waals surface area contributed by atoms with Crippen molar-refractivity contribution in [3.8, 4) is 28.1 Å². The van der Waals surface area contributed by atoms with Crippen LogP contribution in [-0.2, 0) is 16.8 Å². The molecule has 9 aromatic rings. The van der Waals surface area contributed by atoms with Gasteiger partial charge in [0.25, 0.3) is 5.92 Å². The maximum atomic E-state index is 18.1. The van der Waals surface area contributed by atoms with Gasteiger partial charge in [-0.25, -0.2) is 4.98 Å². The molecule has 7 aromatic carbocycles. The van der Waals surface area contributed by atoms with Gasteiger partial charge in [-0.05, 0) is 87.7 Å². The molecular formula is C57H50F2N4. The van der Waals surface area contributed by atoms with E-state index >= 15 is 8.78 Å². The third-order valence-electron chi connectivity index (χ3n) is 11.7. The molecule has 0 aliphatic carbocycles. The van der Waals surface area contributed by atoms with E-state index in [1.807, 2.05) is 47.6 Å². The number of aromatic nitrogens is 2. The molecule has 3 heterocycles. The summed E-state index contributed by atoms with van der Waals surface area (Å²) in [5.41, 5.74) is 0.917. The van der Waals surface area contributed by atoms with E-state index < -0.39 is 95.0 Å². The van der Waals surface area contributed by atoms with Crippen LogP contribution in [0.1, 0.15) is 83.0 Å². The fraction of sp³-hybridized carbons (Fsp3) is 0.175. The SMILES string of the molecule is [2H]c1c([2H])c([2H])c(-c2cccc(-c3c([2H])c([2H])c([2H])c([2H])c3[2H])c2N2CN(c3cc(C(C)(C)C)cc(C(F)(F)c4ccc5c6c([2H])c([2H])c([2H])c([2H])c6n(-c6cc(C(C)(C)C)ccn6)c5c4)c3)c3ccccc32)c([2H])c1[2H]. The summed E-state index contributed by atoms with van der Waals surface area (Å²) < 4.78 is 160. The summed E-state index contributed by atoms with van der Waals surface area (Å²) >= 11 is 0. The fourth-order valence-corrected chi connectivity index (χ4v) is 8.34. The summed E-state index contributed by atoms with van der Waals surface area (Å²) in [4.78, 5) is 8.13. The first-order valence-corrected chi connectivity index (χ1v) is 20.5. The van der Waals surface area contributed by atoms with E-state index in [2.05, 4.69) is 4.98 Å². The number of para-hydroxylation sites is 4. The Morgan fingerprint density at radius 1 is 0.524 bits per heavy atom. The van der Waals surface area contributed by atoms with Gasteiger partial charge >= 0.3 is 0 Å². The molecule has 2 aromatic heterocycles. The van der Waals surface area contributed by atoms with E-state index in [4.69, 9.17) is 19.2 Å². The lowest BCUT2D eigenvalue weighted by Crippen LogP contribution is -2.26. The quantitative estimate of drug-likeness (QED) is 0.160. The smallest absolute Gasteiger partial charge is 0.298 e. The van der Waals surface area contributed by atoms with Crippen molar-refractivity contribution in [3.63, 3.8) is 0 Å². The minimum Gasteiger partial charge on any atom is -0.321 e. The number of benzene rings is 7. The van der Waals surface area contributed by atoms with Crippen LogP contribution in [0.4, 0.5) is 31.5 Å². The summed E-state index contributed by atoms with van der Waals surface area (Å²) in [5.74, 6) is -3.46. The third-order valence-corrected chi connectivity index (χ3v) is 11.7. The van der Waals surface area contributed by atoms with Crippen LogP contribution < -0.4 is 9.80 Å². The van der Waals surface area contributed by atoms with Gasteiger partial charge in [0.05, 0.1) is 47.3 Å². The van der Waals surface area contributed by atoms with Crippen molar-refractivity contribution in [2.45, 2.75) is 58.3 Å². The Hall–Kier alpha value is -7.05. The number of anilines is 4. The molecule has 10 rings (SSSR count). The van der Waals surface area contributed by atoms with Crippen LogP contribution in [0.5, 0.6) is 0 Å². The van der Waals surface area contributed by atoms with E-state index in [0.29, 0.717) is 28.0 Å². The molecule has 0 spiro atoms. The van der Waals surface area contributed by atoms with Gasteiger partial charge in [0.15, 0.2) is 0 Å². The lowest BCUT2D eigenvalue weighted by Gasteiger charge is -2.29. The second-order valence-electron chi connectivity index (χ2n) is 17.7. The summed E-state index contributed by atoms with van der Waals surface area (Å²) in [6.07, 6.45) is 1.58. The van der Waals surface area contributed by atoms with E-state index in [9.17, 15) is 0 Å². The predicted octanol–water partition coefficient (Wildman–Crippen LogP) is 15.5. The average molecular weight is 843 g/mol. The Balaban J connectivity index is 1.19. The lowest BCUT2D eigenvalue weighted by atomic mass is 9.84. The Morgan fingerprint density at radius 2 is 1.13 bits per heavy atom. The minimum absolute atomic E-state index is 0.0831. The molecule has 0 atom stereocenters. The van der Waals surface area contributed by atoms with Gasteiger partial charge < -0.3 is 9.80 Å². The van der Waals surface area contributed by atoms with Crippen molar-refractivity contribution in [2.75, 3.05) is 16.5 Å². The summed E-state index contributed by atoms with van der Waals surface area (Å²) in [7, 11) is 0. The molecule has 0 fully saturated rings. The topological polar surface area (TPSA) is 24.3 Å². The molecule has 0 saturated carbocycles. The molecule has 0 saturated heterocycles. The number of pyridine rings is 1. The molecule has 4 nitrogen and oxygen atoms in total. The van der Waals surface area contributed by atoms with Crippen LogP contribution in [0.2, 0.25) is 0 Å². The number of hydrogen-bond acceptors (Lipinski definition) is 3. The molecule has 0 unspecified atom stereocenters. The van der Waals surface area contributed by atoms with Gasteiger partial charge in [0.2, 0.25) is 0 Å². The molecule has 63 heavy (non-hydrogen) atoms. The number of rotatable bonds is 7. The molecule has 312 valence electrons. The Morgan fingerprint density at radius 3 is 1.78 bits per heavy atom. The second kappa shape index (κ2) is 15.1. The fourth-order valence-electron chi connectivity index (χ4n) is 8.34. The van der Waals surface area contributed by atoms with Crippen molar-refractivity contribution in [2.24, 2.45) is 0 Å². The molecule has 6 heteroatoms. The van der Waals surface area contributed by atoms with Crippen LogP contribution in [0.3, 0.4) is 0 Å². The van der Waals surface area contributed by atoms with Crippen LogP contribution in [0.15, 0.2) is 182 Å². The molecule has 0 N–H and O–H groups in total. The van der Waals surface area contributed by atoms with Crippen molar-refractivity contribution in [1.29, 1.82) is 0 Å². The zero-order valence-corrected chi connectivity index (χ0v) is 35.5. The van der Waals surface area contributed by atoms with E-state index in [0.717, 1.165) is 5.56 Å². The molecule has 1 aliphatic heterocycles. The normalized spacial score (nSPS) is 16.4. The summed E-state index contributed by atoms with van der Waals surface area (Å²) in [5, 5.41) is 0.472. The Bertz CT molecular complexity index is 3850. The van der Waals surface area contributed by atoms with Crippen molar-refractivity contribution in [3.05, 3.63) is 204 Å². The van der Waals surface area contributed by atoms with E-state index in [1.54, 1.807) is 52.4 Å². The zero-order valence-electron chi connectivity index (χ0n) is 49.5. The summed E-state index contributed by atoms with van der Waals surface area (Å²) in [6.45, 7) is 11.5. The largest absolute Gasteiger partial charge is 0.321 e. The number of hydrogen-bond donors (Lipinski definition) is 0. The van der Waals surface area contributed by atoms with Gasteiger partial charge in [0.1, 0.15) is 12.5 Å². The van der Waals surface area contributed by atoms with Gasteiger partial charge in [-0.1, -0.05) is 163 Å². The van der Waals surface area contributed by atoms with Crippen LogP contribution in [0.25, 0.3) is 49.9 Å². The lowest BCUT2D eigenvalue weighted by molar-refractivity contribution is 0.0428. The first kappa shape index (κ1) is 27.1. The standard InChI is InChI=1S/C57H50F2N4/c1-55(2,3)40-30-31-60-53(36-40)63-49-25-14-13-22-47(49)48-29-28-41(35-52(48)63)57(58,59)43-32-42(56(4,5)6)33-44(34-43)61-37-62(51-27-16-15-26-50(51)61)54-45(38-18-9-7-10-19-38)23-17-24-46(54)39-20-11-8-12-21-39/h7-36H,37H2,1-6H3/i7D,8D,9D,10D,11D,12D,13D,14D,18D,19D,20D,21D,22D,25D. The van der Waals surface area contributed by atoms with E-state index in [-0.39, 0.29) is 74.3 Å². The van der Waals surface area contributed by atoms with Gasteiger partial charge in [-0.2, -0.15) is 8.78 Å². The highest BCUT2D eigenvalue weighted by molar-refractivity contribution is 6.09. The molecule has 1 aliphatic rings. The maximum absolute atomic E-state index is 18.1. The molecule has 0 amide bonds. The summed E-state index contributed by atoms with van der Waals surface area (Å²) in [6, 6.07) is 16.4. The number of nitrogens with zero attached hydrogens (tertiary/aromatic N) is 4. The van der Waals surface area contributed by atoms with Crippen LogP contribution >= 0.6 is 0 Å².